The number of hydrogen-bond acceptors (Lipinski definition) is 5. The van der Waals surface area contributed by atoms with Gasteiger partial charge in [0.05, 0.1) is 21.0 Å². The van der Waals surface area contributed by atoms with E-state index in [1.54, 1.807) is 0 Å². The molecule has 0 atom stereocenters. The van der Waals surface area contributed by atoms with Crippen LogP contribution in [0.25, 0.3) is 0 Å². The normalized spacial score (nSPS) is 3.87. The molecule has 0 heterocycles. The topological polar surface area (TPSA) is 502 Å². The van der Waals surface area contributed by atoms with Crippen LogP contribution < -0.4 is 68.9 Å². The van der Waals surface area contributed by atoms with Crippen molar-refractivity contribution in [2.24, 2.45) is 0 Å². The molecule has 0 aliphatic rings. The van der Waals surface area contributed by atoms with Gasteiger partial charge in [-0.15, -0.1) is 0 Å². The van der Waals surface area contributed by atoms with E-state index in [4.69, 9.17) is 29.5 Å². The van der Waals surface area contributed by atoms with Crippen LogP contribution in [0.3, 0.4) is 0 Å². The Morgan fingerprint density at radius 1 is 0.565 bits per heavy atom. The minimum Gasteiger partial charge on any atom is -0.790 e. The van der Waals surface area contributed by atoms with E-state index in [0.717, 1.165) is 0 Å². The smallest absolute Gasteiger partial charge is 0.790 e. The molecule has 0 aromatic carbocycles. The van der Waals surface area contributed by atoms with Crippen molar-refractivity contribution in [2.75, 3.05) is 13.2 Å². The van der Waals surface area contributed by atoms with Gasteiger partial charge >= 0.3 is 59.1 Å². The van der Waals surface area contributed by atoms with Crippen molar-refractivity contribution in [3.05, 3.63) is 0 Å². The van der Waals surface area contributed by atoms with Crippen molar-refractivity contribution in [1.82, 2.24) is 0 Å². The van der Waals surface area contributed by atoms with Crippen LogP contribution in [0.2, 0.25) is 0 Å². The Balaban J connectivity index is -0.00000000190. The minimum atomic E-state index is -5.14. The van der Waals surface area contributed by atoms with Crippen molar-refractivity contribution in [1.29, 1.82) is 0 Å². The third kappa shape index (κ3) is 1680. The maximum Gasteiger partial charge on any atom is 1.00 e. The van der Waals surface area contributed by atoms with Crippen molar-refractivity contribution < 1.29 is 154 Å². The van der Waals surface area contributed by atoms with Crippen molar-refractivity contribution >= 4 is 7.82 Å². The van der Waals surface area contributed by atoms with Gasteiger partial charge in [-0.25, -0.2) is 0 Å². The maximum atomic E-state index is 8.66. The summed E-state index contributed by atoms with van der Waals surface area (Å²) in [6, 6.07) is 0. The summed E-state index contributed by atoms with van der Waals surface area (Å²) in [6.45, 7) is -0.250. The first-order valence-corrected chi connectivity index (χ1v) is 3.38. The van der Waals surface area contributed by atoms with E-state index in [0.29, 0.717) is 0 Å². The van der Waals surface area contributed by atoms with E-state index in [-0.39, 0.29) is 138 Å². The Hall–Kier alpha value is 1.55. The summed E-state index contributed by atoms with van der Waals surface area (Å²) in [5.74, 6) is 0. The summed E-state index contributed by atoms with van der Waals surface area (Å²) in [5, 5.41) is 15.2. The molecular formula is C2H31Na2O18P. The van der Waals surface area contributed by atoms with Gasteiger partial charge in [-0.1, -0.05) is 0 Å². The Labute approximate surface area is 174 Å². The third-order valence-electron chi connectivity index (χ3n) is 0.1000. The number of rotatable bonds is 1. The summed E-state index contributed by atoms with van der Waals surface area (Å²) in [5.41, 5.74) is 0. The van der Waals surface area contributed by atoms with Crippen LogP contribution >= 0.6 is 7.82 Å². The fraction of sp³-hybridized carbons (Fsp3) is 1.00. The predicted molar refractivity (Wildman–Crippen MR) is 67.4 cm³/mol. The largest absolute Gasteiger partial charge is 1.00 e. The Kier molecular flexibility index (Phi) is 1060. The third-order valence-corrected chi connectivity index (χ3v) is 0.1000. The predicted octanol–water partition coefficient (Wildman–Crippen LogP) is -19.1. The summed E-state index contributed by atoms with van der Waals surface area (Å²) < 4.78 is 8.66. The molecule has 154 valence electrons. The number of aliphatic hydroxyl groups is 2. The molecule has 0 bridgehead atoms. The van der Waals surface area contributed by atoms with Gasteiger partial charge in [-0.3, -0.25) is 0 Å². The second kappa shape index (κ2) is 131. The SMILES string of the molecule is O.O.O.O.O.O.O.O.O.O.O.O.O=P([O-])([O-])O.OCCO.[Na+].[Na+]. The molecule has 0 fully saturated rings. The summed E-state index contributed by atoms with van der Waals surface area (Å²) >= 11 is 0. The number of phosphoric acid groups is 1. The molecule has 0 saturated carbocycles. The molecule has 0 amide bonds. The zero-order valence-electron chi connectivity index (χ0n) is 12.4. The molecule has 0 aliphatic carbocycles. The average molecular weight is 420 g/mol. The van der Waals surface area contributed by atoms with Crippen LogP contribution in [0.4, 0.5) is 0 Å². The fourth-order valence-electron chi connectivity index (χ4n) is 0. The van der Waals surface area contributed by atoms with Gasteiger partial charge in [-0.2, -0.15) is 0 Å². The van der Waals surface area contributed by atoms with Crippen LogP contribution in [-0.4, -0.2) is 94.0 Å². The fourth-order valence-corrected chi connectivity index (χ4v) is 0. The molecule has 0 radical (unpaired) electrons. The summed E-state index contributed by atoms with van der Waals surface area (Å²) in [4.78, 5) is 24.3. The summed E-state index contributed by atoms with van der Waals surface area (Å²) in [6.07, 6.45) is 0. The quantitative estimate of drug-likeness (QED) is 0.272. The molecular weight excluding hydrogens is 389 g/mol. The first-order chi connectivity index (χ1) is 3.91. The molecule has 0 aliphatic heterocycles. The molecule has 27 N–H and O–H groups in total. The van der Waals surface area contributed by atoms with Gasteiger partial charge in [0.15, 0.2) is 0 Å². The Morgan fingerprint density at radius 3 is 0.609 bits per heavy atom. The molecule has 0 saturated heterocycles. The van der Waals surface area contributed by atoms with Crippen molar-refractivity contribution in [3.63, 3.8) is 0 Å². The van der Waals surface area contributed by atoms with Gasteiger partial charge in [0.2, 0.25) is 0 Å². The monoisotopic (exact) mass is 420 g/mol. The molecule has 0 aromatic heterocycles. The molecule has 0 rings (SSSR count). The standard InChI is InChI=1S/C2H6O2.2Na.H3O4P.12H2O/c3-1-2-4;;;1-5(2,3)4;;;;;;;;;;;;/h3-4H,1-2H2;;;(H3,1,2,3,4);12*1H2/q;2*+1;;;;;;;;;;;;;/p-2. The first kappa shape index (κ1) is 186. The van der Waals surface area contributed by atoms with E-state index < -0.39 is 7.82 Å². The van der Waals surface area contributed by atoms with Gasteiger partial charge in [-0.05, 0) is 0 Å². The van der Waals surface area contributed by atoms with Crippen LogP contribution in [0.15, 0.2) is 0 Å². The molecule has 21 heteroatoms. The van der Waals surface area contributed by atoms with Crippen LogP contribution in [-0.2, 0) is 4.57 Å². The zero-order valence-corrected chi connectivity index (χ0v) is 17.3. The summed E-state index contributed by atoms with van der Waals surface area (Å²) in [7, 11) is -5.14. The van der Waals surface area contributed by atoms with E-state index in [9.17, 15) is 0 Å². The number of aliphatic hydroxyl groups excluding tert-OH is 2. The second-order valence-corrected chi connectivity index (χ2v) is 1.85. The van der Waals surface area contributed by atoms with Gasteiger partial charge in [0, 0.05) is 0 Å². The van der Waals surface area contributed by atoms with Gasteiger partial charge in [0.1, 0.15) is 0 Å². The molecule has 23 heavy (non-hydrogen) atoms. The molecule has 18 nitrogen and oxygen atoms in total. The first-order valence-electron chi connectivity index (χ1n) is 1.88. The van der Waals surface area contributed by atoms with Gasteiger partial charge in [0.25, 0.3) is 0 Å². The van der Waals surface area contributed by atoms with Crippen LogP contribution in [0.1, 0.15) is 0 Å². The van der Waals surface area contributed by atoms with Crippen molar-refractivity contribution in [2.45, 2.75) is 0 Å². The molecule has 0 spiro atoms. The Morgan fingerprint density at radius 2 is 0.609 bits per heavy atom. The van der Waals surface area contributed by atoms with E-state index >= 15 is 0 Å². The van der Waals surface area contributed by atoms with E-state index in [1.165, 1.54) is 0 Å². The maximum absolute atomic E-state index is 8.66. The van der Waals surface area contributed by atoms with Crippen LogP contribution in [0, 0.1) is 0 Å². The van der Waals surface area contributed by atoms with Gasteiger partial charge < -0.3 is 95.2 Å². The van der Waals surface area contributed by atoms with E-state index in [2.05, 4.69) is 0 Å². The zero-order chi connectivity index (χ0) is 7.91. The second-order valence-electron chi connectivity index (χ2n) is 0.916. The average Bonchev–Trinajstić information content (AvgIpc) is 1.61. The molecule has 0 unspecified atom stereocenters. The van der Waals surface area contributed by atoms with Crippen molar-refractivity contribution in [3.8, 4) is 0 Å². The Bertz CT molecular complexity index is 88.8. The van der Waals surface area contributed by atoms with Crippen LogP contribution in [0.5, 0.6) is 0 Å². The number of hydrogen-bond donors (Lipinski definition) is 3. The minimum absolute atomic E-state index is 0. The van der Waals surface area contributed by atoms with E-state index in [1.807, 2.05) is 0 Å². The molecule has 0 aromatic rings.